The molecule has 0 atom stereocenters. The van der Waals surface area contributed by atoms with Crippen molar-refractivity contribution in [3.05, 3.63) is 29.3 Å². The molecule has 1 aliphatic carbocycles. The van der Waals surface area contributed by atoms with Crippen molar-refractivity contribution in [3.8, 4) is 0 Å². The van der Waals surface area contributed by atoms with E-state index >= 15 is 0 Å². The van der Waals surface area contributed by atoms with Gasteiger partial charge >= 0.3 is 0 Å². The van der Waals surface area contributed by atoms with E-state index in [4.69, 9.17) is 4.74 Å². The Labute approximate surface area is 117 Å². The largest absolute Gasteiger partial charge is 0.382 e. The minimum Gasteiger partial charge on any atom is -0.382 e. The Kier molecular flexibility index (Phi) is 4.51. The van der Waals surface area contributed by atoms with Crippen molar-refractivity contribution < 1.29 is 4.74 Å². The van der Waals surface area contributed by atoms with Gasteiger partial charge < -0.3 is 10.1 Å². The molecular weight excluding hydrogens is 234 g/mol. The lowest BCUT2D eigenvalue weighted by Gasteiger charge is -2.36. The normalized spacial score (nSPS) is 22.7. The zero-order valence-electron chi connectivity index (χ0n) is 12.9. The summed E-state index contributed by atoms with van der Waals surface area (Å²) in [6.07, 6.45) is 2.70. The van der Waals surface area contributed by atoms with E-state index < -0.39 is 0 Å². The first kappa shape index (κ1) is 14.4. The lowest BCUT2D eigenvalue weighted by molar-refractivity contribution is 0.0328. The first-order valence-electron chi connectivity index (χ1n) is 7.44. The van der Waals surface area contributed by atoms with Gasteiger partial charge in [-0.3, -0.25) is 0 Å². The summed E-state index contributed by atoms with van der Waals surface area (Å²) in [4.78, 5) is 0. The Hall–Kier alpha value is -1.02. The summed E-state index contributed by atoms with van der Waals surface area (Å²) in [7, 11) is 1.80. The summed E-state index contributed by atoms with van der Waals surface area (Å²) in [6, 6.07) is 7.45. The lowest BCUT2D eigenvalue weighted by Crippen LogP contribution is -2.40. The SMILES string of the molecule is COC1CC(Nc2ccc(C(C)C)cc2C(C)C)C1. The smallest absolute Gasteiger partial charge is 0.0610 e. The molecule has 0 spiro atoms. The van der Waals surface area contributed by atoms with Gasteiger partial charge in [-0.15, -0.1) is 0 Å². The highest BCUT2D eigenvalue weighted by atomic mass is 16.5. The maximum Gasteiger partial charge on any atom is 0.0610 e. The van der Waals surface area contributed by atoms with E-state index in [1.54, 1.807) is 7.11 Å². The molecule has 1 saturated carbocycles. The zero-order chi connectivity index (χ0) is 14.0. The van der Waals surface area contributed by atoms with Crippen LogP contribution in [0.2, 0.25) is 0 Å². The van der Waals surface area contributed by atoms with E-state index in [2.05, 4.69) is 51.2 Å². The van der Waals surface area contributed by atoms with Crippen molar-refractivity contribution in [1.29, 1.82) is 0 Å². The Morgan fingerprint density at radius 3 is 2.32 bits per heavy atom. The molecule has 2 nitrogen and oxygen atoms in total. The van der Waals surface area contributed by atoms with Gasteiger partial charge in [0.05, 0.1) is 6.10 Å². The Morgan fingerprint density at radius 1 is 1.11 bits per heavy atom. The summed E-state index contributed by atoms with van der Waals surface area (Å²) < 4.78 is 5.34. The van der Waals surface area contributed by atoms with Crippen molar-refractivity contribution in [3.63, 3.8) is 0 Å². The maximum absolute atomic E-state index is 5.34. The fraction of sp³-hybridized carbons (Fsp3) is 0.647. The number of benzene rings is 1. The first-order valence-corrected chi connectivity index (χ1v) is 7.44. The monoisotopic (exact) mass is 261 g/mol. The second-order valence-corrected chi connectivity index (χ2v) is 6.33. The quantitative estimate of drug-likeness (QED) is 0.841. The molecule has 2 heteroatoms. The van der Waals surface area contributed by atoms with Crippen LogP contribution in [0, 0.1) is 0 Å². The molecule has 0 amide bonds. The molecule has 1 aromatic rings. The minimum absolute atomic E-state index is 0.454. The van der Waals surface area contributed by atoms with Crippen LogP contribution in [0.3, 0.4) is 0 Å². The second kappa shape index (κ2) is 5.96. The molecule has 1 N–H and O–H groups in total. The molecular formula is C17H27NO. The van der Waals surface area contributed by atoms with Crippen LogP contribution in [-0.2, 0) is 4.74 Å². The summed E-state index contributed by atoms with van der Waals surface area (Å²) in [5, 5.41) is 3.68. The molecule has 106 valence electrons. The predicted octanol–water partition coefficient (Wildman–Crippen LogP) is 4.52. The van der Waals surface area contributed by atoms with E-state index in [0.29, 0.717) is 24.0 Å². The molecule has 2 rings (SSSR count). The van der Waals surface area contributed by atoms with Crippen LogP contribution in [0.25, 0.3) is 0 Å². The van der Waals surface area contributed by atoms with Crippen LogP contribution < -0.4 is 5.32 Å². The van der Waals surface area contributed by atoms with Gasteiger partial charge in [-0.05, 0) is 41.9 Å². The van der Waals surface area contributed by atoms with E-state index in [0.717, 1.165) is 12.8 Å². The van der Waals surface area contributed by atoms with Crippen molar-refractivity contribution >= 4 is 5.69 Å². The highest BCUT2D eigenvalue weighted by molar-refractivity contribution is 5.55. The predicted molar refractivity (Wildman–Crippen MR) is 82.1 cm³/mol. The van der Waals surface area contributed by atoms with E-state index in [1.807, 2.05) is 0 Å². The number of nitrogens with one attached hydrogen (secondary N) is 1. The first-order chi connectivity index (χ1) is 9.01. The molecule has 0 aromatic heterocycles. The van der Waals surface area contributed by atoms with E-state index in [1.165, 1.54) is 16.8 Å². The number of hydrogen-bond donors (Lipinski definition) is 1. The highest BCUT2D eigenvalue weighted by Crippen LogP contribution is 2.32. The molecule has 1 fully saturated rings. The average Bonchev–Trinajstić information content (AvgIpc) is 2.32. The van der Waals surface area contributed by atoms with Gasteiger partial charge in [0.25, 0.3) is 0 Å². The van der Waals surface area contributed by atoms with Crippen LogP contribution in [0.4, 0.5) is 5.69 Å². The Balaban J connectivity index is 2.11. The van der Waals surface area contributed by atoms with Gasteiger partial charge in [0.15, 0.2) is 0 Å². The van der Waals surface area contributed by atoms with Crippen LogP contribution >= 0.6 is 0 Å². The molecule has 0 saturated heterocycles. The number of methoxy groups -OCH3 is 1. The average molecular weight is 261 g/mol. The van der Waals surface area contributed by atoms with Crippen LogP contribution in [0.15, 0.2) is 18.2 Å². The summed E-state index contributed by atoms with van der Waals surface area (Å²) in [5.74, 6) is 1.15. The highest BCUT2D eigenvalue weighted by Gasteiger charge is 2.29. The van der Waals surface area contributed by atoms with Gasteiger partial charge in [0.1, 0.15) is 0 Å². The number of anilines is 1. The third-order valence-electron chi connectivity index (χ3n) is 4.15. The molecule has 0 bridgehead atoms. The van der Waals surface area contributed by atoms with Gasteiger partial charge in [-0.2, -0.15) is 0 Å². The summed E-state index contributed by atoms with van der Waals surface area (Å²) >= 11 is 0. The molecule has 19 heavy (non-hydrogen) atoms. The third kappa shape index (κ3) is 3.30. The second-order valence-electron chi connectivity index (χ2n) is 6.33. The molecule has 1 aliphatic rings. The number of rotatable bonds is 5. The number of hydrogen-bond acceptors (Lipinski definition) is 2. The maximum atomic E-state index is 5.34. The van der Waals surface area contributed by atoms with Crippen molar-refractivity contribution in [2.75, 3.05) is 12.4 Å². The van der Waals surface area contributed by atoms with Gasteiger partial charge in [0, 0.05) is 18.8 Å². The van der Waals surface area contributed by atoms with Crippen molar-refractivity contribution in [2.45, 2.75) is 64.5 Å². The standard InChI is InChI=1S/C17H27NO/c1-11(2)13-6-7-17(16(8-13)12(3)4)18-14-9-15(10-14)19-5/h6-8,11-12,14-15,18H,9-10H2,1-5H3. The van der Waals surface area contributed by atoms with Crippen LogP contribution in [0.5, 0.6) is 0 Å². The minimum atomic E-state index is 0.454. The van der Waals surface area contributed by atoms with Crippen LogP contribution in [0.1, 0.15) is 63.5 Å². The van der Waals surface area contributed by atoms with Crippen LogP contribution in [-0.4, -0.2) is 19.3 Å². The lowest BCUT2D eigenvalue weighted by atomic mass is 9.88. The zero-order valence-corrected chi connectivity index (χ0v) is 12.9. The van der Waals surface area contributed by atoms with Crippen molar-refractivity contribution in [2.24, 2.45) is 0 Å². The van der Waals surface area contributed by atoms with Gasteiger partial charge in [0.2, 0.25) is 0 Å². The Bertz CT molecular complexity index is 419. The van der Waals surface area contributed by atoms with Gasteiger partial charge in [-0.25, -0.2) is 0 Å². The fourth-order valence-corrected chi connectivity index (χ4v) is 2.65. The Morgan fingerprint density at radius 2 is 1.79 bits per heavy atom. The van der Waals surface area contributed by atoms with E-state index in [9.17, 15) is 0 Å². The molecule has 0 heterocycles. The van der Waals surface area contributed by atoms with E-state index in [-0.39, 0.29) is 0 Å². The topological polar surface area (TPSA) is 21.3 Å². The number of ether oxygens (including phenoxy) is 1. The molecule has 0 unspecified atom stereocenters. The van der Waals surface area contributed by atoms with Gasteiger partial charge in [-0.1, -0.05) is 39.8 Å². The summed E-state index contributed by atoms with van der Waals surface area (Å²) in [6.45, 7) is 9.04. The summed E-state index contributed by atoms with van der Waals surface area (Å²) in [5.41, 5.74) is 4.17. The fourth-order valence-electron chi connectivity index (χ4n) is 2.65. The third-order valence-corrected chi connectivity index (χ3v) is 4.15. The van der Waals surface area contributed by atoms with Crippen molar-refractivity contribution in [1.82, 2.24) is 0 Å². The molecule has 0 aliphatic heterocycles. The molecule has 1 aromatic carbocycles. The molecule has 0 radical (unpaired) electrons.